The van der Waals surface area contributed by atoms with Crippen molar-refractivity contribution in [1.29, 1.82) is 0 Å². The van der Waals surface area contributed by atoms with Gasteiger partial charge >= 0.3 is 0 Å². The van der Waals surface area contributed by atoms with Gasteiger partial charge in [-0.2, -0.15) is 0 Å². The summed E-state index contributed by atoms with van der Waals surface area (Å²) >= 11 is 0. The standard InChI is InChI=1S/C19H27N3O2/c1-16-6-5-9-22(14-16)18(23)15-20-10-12-21(13-11-20)19(24)17-7-3-2-4-8-17/h2-4,7-8,16H,5-6,9-15H2,1H3. The topological polar surface area (TPSA) is 43.9 Å². The predicted molar refractivity (Wildman–Crippen MR) is 93.8 cm³/mol. The molecule has 0 N–H and O–H groups in total. The minimum absolute atomic E-state index is 0.0893. The van der Waals surface area contributed by atoms with E-state index in [9.17, 15) is 9.59 Å². The number of hydrogen-bond acceptors (Lipinski definition) is 3. The Morgan fingerprint density at radius 1 is 1.00 bits per heavy atom. The third kappa shape index (κ3) is 4.15. The van der Waals surface area contributed by atoms with E-state index in [1.54, 1.807) is 0 Å². The number of amides is 2. The zero-order valence-electron chi connectivity index (χ0n) is 14.5. The lowest BCUT2D eigenvalue weighted by molar-refractivity contribution is -0.134. The molecule has 24 heavy (non-hydrogen) atoms. The van der Waals surface area contributed by atoms with Crippen LogP contribution in [0.5, 0.6) is 0 Å². The van der Waals surface area contributed by atoms with E-state index in [2.05, 4.69) is 11.8 Å². The Hall–Kier alpha value is -1.88. The van der Waals surface area contributed by atoms with Crippen LogP contribution in [-0.2, 0) is 4.79 Å². The van der Waals surface area contributed by atoms with Crippen LogP contribution in [-0.4, -0.2) is 72.3 Å². The molecule has 5 nitrogen and oxygen atoms in total. The minimum atomic E-state index is 0.0893. The van der Waals surface area contributed by atoms with E-state index >= 15 is 0 Å². The minimum Gasteiger partial charge on any atom is -0.341 e. The first kappa shape index (κ1) is 17.0. The van der Waals surface area contributed by atoms with E-state index in [0.29, 0.717) is 25.6 Å². The lowest BCUT2D eigenvalue weighted by Gasteiger charge is -2.37. The van der Waals surface area contributed by atoms with Gasteiger partial charge in [-0.3, -0.25) is 14.5 Å². The van der Waals surface area contributed by atoms with Gasteiger partial charge in [-0.05, 0) is 30.9 Å². The van der Waals surface area contributed by atoms with Gasteiger partial charge in [-0.15, -0.1) is 0 Å². The molecule has 2 aliphatic rings. The van der Waals surface area contributed by atoms with Crippen molar-refractivity contribution >= 4 is 11.8 Å². The molecule has 0 spiro atoms. The number of carbonyl (C=O) groups excluding carboxylic acids is 2. The fourth-order valence-corrected chi connectivity index (χ4v) is 3.58. The van der Waals surface area contributed by atoms with Crippen LogP contribution >= 0.6 is 0 Å². The lowest BCUT2D eigenvalue weighted by atomic mass is 10.0. The van der Waals surface area contributed by atoms with Crippen LogP contribution < -0.4 is 0 Å². The first-order valence-electron chi connectivity index (χ1n) is 8.98. The molecule has 130 valence electrons. The summed E-state index contributed by atoms with van der Waals surface area (Å²) in [6.45, 7) is 7.42. The highest BCUT2D eigenvalue weighted by atomic mass is 16.2. The molecule has 3 rings (SSSR count). The normalized spacial score (nSPS) is 22.5. The zero-order valence-corrected chi connectivity index (χ0v) is 14.5. The van der Waals surface area contributed by atoms with Crippen molar-refractivity contribution in [3.05, 3.63) is 35.9 Å². The largest absolute Gasteiger partial charge is 0.341 e. The summed E-state index contributed by atoms with van der Waals surface area (Å²) in [6, 6.07) is 9.41. The van der Waals surface area contributed by atoms with Crippen LogP contribution in [0.25, 0.3) is 0 Å². The molecular formula is C19H27N3O2. The lowest BCUT2D eigenvalue weighted by Crippen LogP contribution is -2.52. The molecule has 1 aromatic rings. The summed E-state index contributed by atoms with van der Waals surface area (Å²) in [5.41, 5.74) is 0.740. The number of hydrogen-bond donors (Lipinski definition) is 0. The second-order valence-corrected chi connectivity index (χ2v) is 7.02. The molecule has 0 aromatic heterocycles. The summed E-state index contributed by atoms with van der Waals surface area (Å²) in [5.74, 6) is 0.943. The van der Waals surface area contributed by atoms with Gasteiger partial charge in [0.05, 0.1) is 6.54 Å². The van der Waals surface area contributed by atoms with Gasteiger partial charge in [0.25, 0.3) is 5.91 Å². The van der Waals surface area contributed by atoms with Crippen molar-refractivity contribution in [3.8, 4) is 0 Å². The number of piperidine rings is 1. The summed E-state index contributed by atoms with van der Waals surface area (Å²) in [7, 11) is 0. The van der Waals surface area contributed by atoms with Crippen LogP contribution in [0.4, 0.5) is 0 Å². The highest BCUT2D eigenvalue weighted by Crippen LogP contribution is 2.16. The van der Waals surface area contributed by atoms with Crippen LogP contribution in [0.3, 0.4) is 0 Å². The molecule has 1 unspecified atom stereocenters. The second-order valence-electron chi connectivity index (χ2n) is 7.02. The molecular weight excluding hydrogens is 302 g/mol. The number of piperazine rings is 1. The maximum absolute atomic E-state index is 12.5. The third-order valence-corrected chi connectivity index (χ3v) is 5.05. The summed E-state index contributed by atoms with van der Waals surface area (Å²) in [4.78, 5) is 31.0. The van der Waals surface area contributed by atoms with E-state index in [-0.39, 0.29) is 11.8 Å². The van der Waals surface area contributed by atoms with Crippen molar-refractivity contribution in [1.82, 2.24) is 14.7 Å². The van der Waals surface area contributed by atoms with E-state index in [1.165, 1.54) is 6.42 Å². The van der Waals surface area contributed by atoms with Gasteiger partial charge in [-0.1, -0.05) is 25.1 Å². The fourth-order valence-electron chi connectivity index (χ4n) is 3.58. The van der Waals surface area contributed by atoms with E-state index < -0.39 is 0 Å². The van der Waals surface area contributed by atoms with Crippen molar-refractivity contribution in [2.75, 3.05) is 45.8 Å². The van der Waals surface area contributed by atoms with Crippen LogP contribution in [0.15, 0.2) is 30.3 Å². The highest BCUT2D eigenvalue weighted by molar-refractivity contribution is 5.94. The highest BCUT2D eigenvalue weighted by Gasteiger charge is 2.26. The van der Waals surface area contributed by atoms with Crippen molar-refractivity contribution in [2.24, 2.45) is 5.92 Å². The molecule has 1 aromatic carbocycles. The molecule has 2 heterocycles. The van der Waals surface area contributed by atoms with Gasteiger partial charge in [0.15, 0.2) is 0 Å². The molecule has 2 aliphatic heterocycles. The van der Waals surface area contributed by atoms with E-state index in [4.69, 9.17) is 0 Å². The Morgan fingerprint density at radius 3 is 2.38 bits per heavy atom. The molecule has 5 heteroatoms. The number of likely N-dealkylation sites (tertiary alicyclic amines) is 1. The van der Waals surface area contributed by atoms with E-state index in [1.807, 2.05) is 40.1 Å². The van der Waals surface area contributed by atoms with Crippen molar-refractivity contribution < 1.29 is 9.59 Å². The monoisotopic (exact) mass is 329 g/mol. The fraction of sp³-hybridized carbons (Fsp3) is 0.579. The first-order valence-corrected chi connectivity index (χ1v) is 8.98. The SMILES string of the molecule is CC1CCCN(C(=O)CN2CCN(C(=O)c3ccccc3)CC2)C1. The summed E-state index contributed by atoms with van der Waals surface area (Å²) in [5, 5.41) is 0. The quantitative estimate of drug-likeness (QED) is 0.848. The maximum atomic E-state index is 12.5. The number of carbonyl (C=O) groups is 2. The molecule has 2 fully saturated rings. The number of rotatable bonds is 3. The van der Waals surface area contributed by atoms with Gasteiger partial charge in [0.2, 0.25) is 5.91 Å². The van der Waals surface area contributed by atoms with Crippen molar-refractivity contribution in [2.45, 2.75) is 19.8 Å². The Bertz CT molecular complexity index is 567. The molecule has 0 aliphatic carbocycles. The Kier molecular flexibility index (Phi) is 5.51. The average Bonchev–Trinajstić information content (AvgIpc) is 2.62. The third-order valence-electron chi connectivity index (χ3n) is 5.05. The Labute approximate surface area is 144 Å². The van der Waals surface area contributed by atoms with Crippen molar-refractivity contribution in [3.63, 3.8) is 0 Å². The Balaban J connectivity index is 1.47. The van der Waals surface area contributed by atoms with Crippen LogP contribution in [0, 0.1) is 5.92 Å². The molecule has 1 atom stereocenters. The Morgan fingerprint density at radius 2 is 1.71 bits per heavy atom. The molecule has 2 amide bonds. The molecule has 0 bridgehead atoms. The van der Waals surface area contributed by atoms with Gasteiger partial charge in [0, 0.05) is 44.8 Å². The summed E-state index contributed by atoms with van der Waals surface area (Å²) in [6.07, 6.45) is 2.34. The number of nitrogens with zero attached hydrogens (tertiary/aromatic N) is 3. The van der Waals surface area contributed by atoms with Crippen LogP contribution in [0.2, 0.25) is 0 Å². The average molecular weight is 329 g/mol. The molecule has 0 radical (unpaired) electrons. The van der Waals surface area contributed by atoms with Gasteiger partial charge in [-0.25, -0.2) is 0 Å². The van der Waals surface area contributed by atoms with Crippen LogP contribution in [0.1, 0.15) is 30.1 Å². The number of benzene rings is 1. The van der Waals surface area contributed by atoms with E-state index in [0.717, 1.165) is 38.2 Å². The second kappa shape index (κ2) is 7.79. The molecule has 2 saturated heterocycles. The van der Waals surface area contributed by atoms with Gasteiger partial charge in [0.1, 0.15) is 0 Å². The zero-order chi connectivity index (χ0) is 16.9. The smallest absolute Gasteiger partial charge is 0.253 e. The predicted octanol–water partition coefficient (Wildman–Crippen LogP) is 1.70. The molecule has 0 saturated carbocycles. The maximum Gasteiger partial charge on any atom is 0.253 e. The first-order chi connectivity index (χ1) is 11.6. The summed E-state index contributed by atoms with van der Waals surface area (Å²) < 4.78 is 0. The van der Waals surface area contributed by atoms with Gasteiger partial charge < -0.3 is 9.80 Å².